The number of rotatable bonds is 6. The monoisotopic (exact) mass is 395 g/mol. The Kier molecular flexibility index (Phi) is 5.88. The highest BCUT2D eigenvalue weighted by molar-refractivity contribution is 7.89. The molecule has 2 heterocycles. The Morgan fingerprint density at radius 3 is 2.89 bits per heavy atom. The Hall–Kier alpha value is -2.30. The van der Waals surface area contributed by atoms with Crippen LogP contribution in [0.25, 0.3) is 5.69 Å². The third-order valence-electron chi connectivity index (χ3n) is 4.49. The Bertz CT molecular complexity index is 915. The highest BCUT2D eigenvalue weighted by Gasteiger charge is 2.34. The molecular formula is C17H22FN5O3S. The van der Waals surface area contributed by atoms with Crippen LogP contribution in [0, 0.1) is 11.7 Å². The van der Waals surface area contributed by atoms with E-state index in [0.29, 0.717) is 32.5 Å². The van der Waals surface area contributed by atoms with Crippen LogP contribution in [0.3, 0.4) is 0 Å². The van der Waals surface area contributed by atoms with Crippen molar-refractivity contribution < 1.29 is 17.6 Å². The average Bonchev–Trinajstić information content (AvgIpc) is 3.17. The van der Waals surface area contributed by atoms with Crippen LogP contribution in [0.4, 0.5) is 4.39 Å². The average molecular weight is 395 g/mol. The lowest BCUT2D eigenvalue weighted by molar-refractivity contribution is -0.126. The number of benzene rings is 1. The molecule has 1 aromatic carbocycles. The summed E-state index contributed by atoms with van der Waals surface area (Å²) in [4.78, 5) is 12.1. The van der Waals surface area contributed by atoms with E-state index in [1.54, 1.807) is 12.1 Å². The fourth-order valence-electron chi connectivity index (χ4n) is 3.07. The molecule has 10 heteroatoms. The summed E-state index contributed by atoms with van der Waals surface area (Å²) in [6.45, 7) is 1.12. The molecule has 146 valence electrons. The number of carbonyl (C=O) groups is 1. The van der Waals surface area contributed by atoms with Gasteiger partial charge in [-0.1, -0.05) is 12.1 Å². The maximum Gasteiger partial charge on any atom is 0.246 e. The first-order valence-electron chi connectivity index (χ1n) is 8.71. The molecule has 2 aromatic rings. The van der Waals surface area contributed by atoms with Crippen LogP contribution in [-0.2, 0) is 14.8 Å². The normalized spacial score (nSPS) is 18.4. The first-order chi connectivity index (χ1) is 12.9. The van der Waals surface area contributed by atoms with Crippen LogP contribution in [0.1, 0.15) is 12.8 Å². The molecule has 1 aliphatic heterocycles. The second-order valence-electron chi connectivity index (χ2n) is 6.35. The number of amides is 1. The Labute approximate surface area is 157 Å². The van der Waals surface area contributed by atoms with Crippen molar-refractivity contribution in [2.24, 2.45) is 11.7 Å². The third-order valence-corrected chi connectivity index (χ3v) is 6.31. The lowest BCUT2D eigenvalue weighted by Crippen LogP contribution is -2.46. The van der Waals surface area contributed by atoms with Crippen molar-refractivity contribution in [1.82, 2.24) is 19.4 Å². The fraction of sp³-hybridized carbons (Fsp3) is 0.412. The van der Waals surface area contributed by atoms with Crippen LogP contribution >= 0.6 is 0 Å². The molecule has 3 N–H and O–H groups in total. The van der Waals surface area contributed by atoms with Gasteiger partial charge < -0.3 is 11.1 Å². The van der Waals surface area contributed by atoms with Crippen LogP contribution < -0.4 is 11.1 Å². The molecule has 27 heavy (non-hydrogen) atoms. The minimum absolute atomic E-state index is 0.0335. The van der Waals surface area contributed by atoms with Crippen LogP contribution in [0.15, 0.2) is 41.6 Å². The Balaban J connectivity index is 1.78. The Morgan fingerprint density at radius 1 is 1.37 bits per heavy atom. The van der Waals surface area contributed by atoms with Crippen molar-refractivity contribution in [3.63, 3.8) is 0 Å². The van der Waals surface area contributed by atoms with E-state index in [1.807, 2.05) is 0 Å². The van der Waals surface area contributed by atoms with Crippen molar-refractivity contribution in [2.45, 2.75) is 17.7 Å². The van der Waals surface area contributed by atoms with Crippen LogP contribution in [0.2, 0.25) is 0 Å². The number of nitrogens with zero attached hydrogens (tertiary/aromatic N) is 3. The molecule has 0 spiro atoms. The van der Waals surface area contributed by atoms with Crippen LogP contribution in [0.5, 0.6) is 0 Å². The number of nitrogens with two attached hydrogens (primary N) is 1. The largest absolute Gasteiger partial charge is 0.355 e. The van der Waals surface area contributed by atoms with Crippen molar-refractivity contribution in [2.75, 3.05) is 26.2 Å². The van der Waals surface area contributed by atoms with E-state index in [0.717, 1.165) is 0 Å². The van der Waals surface area contributed by atoms with Gasteiger partial charge in [0.2, 0.25) is 15.9 Å². The summed E-state index contributed by atoms with van der Waals surface area (Å²) in [6.07, 6.45) is 3.68. The molecule has 1 amide bonds. The number of aromatic nitrogens is 2. The highest BCUT2D eigenvalue weighted by Crippen LogP contribution is 2.24. The number of carbonyl (C=O) groups excluding carboxylic acids is 1. The molecule has 1 unspecified atom stereocenters. The van der Waals surface area contributed by atoms with E-state index < -0.39 is 21.8 Å². The summed E-state index contributed by atoms with van der Waals surface area (Å²) in [5, 5.41) is 6.68. The van der Waals surface area contributed by atoms with E-state index in [4.69, 9.17) is 5.73 Å². The summed E-state index contributed by atoms with van der Waals surface area (Å²) in [5.74, 6) is -1.11. The van der Waals surface area contributed by atoms with Gasteiger partial charge in [-0.05, 0) is 25.0 Å². The molecule has 1 atom stereocenters. The molecule has 0 bridgehead atoms. The van der Waals surface area contributed by atoms with E-state index in [2.05, 4.69) is 10.4 Å². The first kappa shape index (κ1) is 19.5. The molecule has 8 nitrogen and oxygen atoms in total. The highest BCUT2D eigenvalue weighted by atomic mass is 32.2. The summed E-state index contributed by atoms with van der Waals surface area (Å²) >= 11 is 0. The van der Waals surface area contributed by atoms with Gasteiger partial charge in [0.05, 0.1) is 18.3 Å². The number of nitrogens with one attached hydrogen (secondary N) is 1. The van der Waals surface area contributed by atoms with Crippen molar-refractivity contribution in [3.8, 4) is 5.69 Å². The van der Waals surface area contributed by atoms with E-state index in [1.165, 1.54) is 33.5 Å². The smallest absolute Gasteiger partial charge is 0.246 e. The predicted molar refractivity (Wildman–Crippen MR) is 97.1 cm³/mol. The van der Waals surface area contributed by atoms with Crippen molar-refractivity contribution in [3.05, 3.63) is 42.5 Å². The lowest BCUT2D eigenvalue weighted by atomic mass is 9.99. The number of piperidine rings is 1. The number of hydrogen-bond acceptors (Lipinski definition) is 5. The number of sulfonamides is 1. The molecule has 1 saturated heterocycles. The molecule has 1 aromatic heterocycles. The fourth-order valence-corrected chi connectivity index (χ4v) is 4.53. The second kappa shape index (κ2) is 8.15. The number of hydrogen-bond donors (Lipinski definition) is 2. The minimum atomic E-state index is -3.83. The first-order valence-corrected chi connectivity index (χ1v) is 10.1. The lowest BCUT2D eigenvalue weighted by Gasteiger charge is -2.30. The number of para-hydroxylation sites is 1. The van der Waals surface area contributed by atoms with Gasteiger partial charge in [0.25, 0.3) is 0 Å². The zero-order valence-corrected chi connectivity index (χ0v) is 15.5. The zero-order chi connectivity index (χ0) is 19.4. The predicted octanol–water partition coefficient (Wildman–Crippen LogP) is 0.487. The maximum atomic E-state index is 13.9. The van der Waals surface area contributed by atoms with E-state index >= 15 is 0 Å². The topological polar surface area (TPSA) is 110 Å². The molecule has 0 saturated carbocycles. The zero-order valence-electron chi connectivity index (χ0n) is 14.7. The molecule has 1 aliphatic rings. The van der Waals surface area contributed by atoms with E-state index in [-0.39, 0.29) is 23.0 Å². The maximum absolute atomic E-state index is 13.9. The molecule has 1 fully saturated rings. The van der Waals surface area contributed by atoms with Gasteiger partial charge in [-0.25, -0.2) is 17.5 Å². The SMILES string of the molecule is NCCNC(=O)C1CCCN(S(=O)(=O)c2cnn(-c3ccccc3F)c2)C1. The second-order valence-corrected chi connectivity index (χ2v) is 8.29. The summed E-state index contributed by atoms with van der Waals surface area (Å²) < 4.78 is 42.2. The molecular weight excluding hydrogens is 373 g/mol. The number of halogens is 1. The summed E-state index contributed by atoms with van der Waals surface area (Å²) in [6, 6.07) is 5.98. The van der Waals surface area contributed by atoms with Crippen LogP contribution in [-0.4, -0.2) is 54.6 Å². The van der Waals surface area contributed by atoms with Crippen molar-refractivity contribution in [1.29, 1.82) is 0 Å². The standard InChI is InChI=1S/C17H22FN5O3S/c18-15-5-1-2-6-16(15)23-12-14(10-21-23)27(25,26)22-9-3-4-13(11-22)17(24)20-8-7-19/h1-2,5-6,10,12-13H,3-4,7-9,11,19H2,(H,20,24). The van der Waals surface area contributed by atoms with Gasteiger partial charge >= 0.3 is 0 Å². The molecule has 3 rings (SSSR count). The molecule has 0 aliphatic carbocycles. The molecule has 0 radical (unpaired) electrons. The van der Waals surface area contributed by atoms with Crippen molar-refractivity contribution >= 4 is 15.9 Å². The summed E-state index contributed by atoms with van der Waals surface area (Å²) in [7, 11) is -3.83. The van der Waals surface area contributed by atoms with Gasteiger partial charge in [-0.2, -0.15) is 9.40 Å². The van der Waals surface area contributed by atoms with Gasteiger partial charge in [-0.3, -0.25) is 4.79 Å². The van der Waals surface area contributed by atoms with Gasteiger partial charge in [0.1, 0.15) is 16.4 Å². The minimum Gasteiger partial charge on any atom is -0.355 e. The van der Waals surface area contributed by atoms with Gasteiger partial charge in [0, 0.05) is 26.2 Å². The van der Waals surface area contributed by atoms with Gasteiger partial charge in [-0.15, -0.1) is 0 Å². The van der Waals surface area contributed by atoms with E-state index in [9.17, 15) is 17.6 Å². The van der Waals surface area contributed by atoms with Gasteiger partial charge in [0.15, 0.2) is 0 Å². The Morgan fingerprint density at radius 2 is 2.15 bits per heavy atom. The third kappa shape index (κ3) is 4.18. The quantitative estimate of drug-likeness (QED) is 0.740. The summed E-state index contributed by atoms with van der Waals surface area (Å²) in [5.41, 5.74) is 5.55.